The Morgan fingerprint density at radius 2 is 2.15 bits per heavy atom. The number of rotatable bonds is 7. The zero-order chi connectivity index (χ0) is 19.0. The van der Waals surface area contributed by atoms with Gasteiger partial charge < -0.3 is 14.6 Å². The Bertz CT molecular complexity index is 953. The Morgan fingerprint density at radius 1 is 1.33 bits per heavy atom. The van der Waals surface area contributed by atoms with Crippen LogP contribution < -0.4 is 4.74 Å². The van der Waals surface area contributed by atoms with Crippen LogP contribution in [0.4, 0.5) is 0 Å². The largest absolute Gasteiger partial charge is 0.494 e. The van der Waals surface area contributed by atoms with Crippen molar-refractivity contribution in [3.8, 4) is 5.75 Å². The summed E-state index contributed by atoms with van der Waals surface area (Å²) in [5, 5.41) is 0.682. The summed E-state index contributed by atoms with van der Waals surface area (Å²) in [6.45, 7) is 2.54. The van der Waals surface area contributed by atoms with Crippen molar-refractivity contribution in [3.05, 3.63) is 18.2 Å². The predicted octanol–water partition coefficient (Wildman–Crippen LogP) is 2.23. The molecule has 0 unspecified atom stereocenters. The van der Waals surface area contributed by atoms with Gasteiger partial charge in [0, 0.05) is 18.2 Å². The summed E-state index contributed by atoms with van der Waals surface area (Å²) >= 11 is 1.36. The molecule has 2 fully saturated rings. The molecule has 0 bridgehead atoms. The van der Waals surface area contributed by atoms with Crippen molar-refractivity contribution in [2.75, 3.05) is 23.9 Å². The van der Waals surface area contributed by atoms with E-state index in [9.17, 15) is 13.2 Å². The molecule has 1 aromatic carbocycles. The van der Waals surface area contributed by atoms with E-state index in [1.54, 1.807) is 0 Å². The highest BCUT2D eigenvalue weighted by Crippen LogP contribution is 2.33. The molecule has 1 N–H and O–H groups in total. The van der Waals surface area contributed by atoms with Gasteiger partial charge in [-0.25, -0.2) is 13.4 Å². The zero-order valence-corrected chi connectivity index (χ0v) is 16.8. The quantitative estimate of drug-likeness (QED) is 0.705. The Hall–Kier alpha value is -1.74. The van der Waals surface area contributed by atoms with Gasteiger partial charge in [0.2, 0.25) is 5.91 Å². The van der Waals surface area contributed by atoms with E-state index in [1.807, 2.05) is 30.0 Å². The third-order valence-electron chi connectivity index (χ3n) is 4.91. The second-order valence-electron chi connectivity index (χ2n) is 7.03. The van der Waals surface area contributed by atoms with Gasteiger partial charge in [-0.05, 0) is 38.3 Å². The normalized spacial score (nSPS) is 21.4. The maximum absolute atomic E-state index is 12.8. The van der Waals surface area contributed by atoms with Crippen LogP contribution in [0, 0.1) is 0 Å². The van der Waals surface area contributed by atoms with Crippen LogP contribution in [0.15, 0.2) is 23.4 Å². The lowest BCUT2D eigenvalue weighted by molar-refractivity contribution is -0.130. The lowest BCUT2D eigenvalue weighted by Crippen LogP contribution is -2.43. The van der Waals surface area contributed by atoms with E-state index in [-0.39, 0.29) is 35.2 Å². The number of aromatic amines is 1. The van der Waals surface area contributed by atoms with Crippen molar-refractivity contribution in [1.82, 2.24) is 14.9 Å². The van der Waals surface area contributed by atoms with Crippen molar-refractivity contribution in [2.24, 2.45) is 0 Å². The van der Waals surface area contributed by atoms with E-state index in [4.69, 9.17) is 4.74 Å². The fraction of sp³-hybridized carbons (Fsp3) is 0.556. The summed E-state index contributed by atoms with van der Waals surface area (Å²) in [5.74, 6) is 1.33. The molecule has 2 aliphatic rings. The van der Waals surface area contributed by atoms with E-state index in [2.05, 4.69) is 9.97 Å². The van der Waals surface area contributed by atoms with Gasteiger partial charge in [0.05, 0.1) is 34.9 Å². The molecule has 0 spiro atoms. The number of nitrogens with zero attached hydrogens (tertiary/aromatic N) is 2. The van der Waals surface area contributed by atoms with Crippen LogP contribution >= 0.6 is 11.8 Å². The first kappa shape index (κ1) is 18.6. The molecule has 1 saturated carbocycles. The number of benzene rings is 1. The van der Waals surface area contributed by atoms with Crippen LogP contribution in [0.1, 0.15) is 26.2 Å². The number of aromatic nitrogens is 2. The summed E-state index contributed by atoms with van der Waals surface area (Å²) in [7, 11) is -3.00. The maximum atomic E-state index is 12.8. The minimum absolute atomic E-state index is 0.0000569. The van der Waals surface area contributed by atoms with Crippen molar-refractivity contribution in [3.63, 3.8) is 0 Å². The summed E-state index contributed by atoms with van der Waals surface area (Å²) in [6, 6.07) is 5.71. The van der Waals surface area contributed by atoms with E-state index in [0.29, 0.717) is 18.2 Å². The highest BCUT2D eigenvalue weighted by atomic mass is 32.2. The molecular formula is C18H23N3O4S2. The Kier molecular flexibility index (Phi) is 5.07. The average Bonchev–Trinajstić information content (AvgIpc) is 3.26. The number of amides is 1. The molecule has 1 aromatic heterocycles. The number of fused-ring (bicyclic) bond motifs is 1. The Labute approximate surface area is 162 Å². The van der Waals surface area contributed by atoms with E-state index in [1.165, 1.54) is 11.8 Å². The highest BCUT2D eigenvalue weighted by Gasteiger charge is 2.41. The summed E-state index contributed by atoms with van der Waals surface area (Å²) in [6.07, 6.45) is 2.50. The zero-order valence-electron chi connectivity index (χ0n) is 15.2. The molecule has 1 saturated heterocycles. The van der Waals surface area contributed by atoms with Crippen molar-refractivity contribution in [1.29, 1.82) is 0 Å². The number of imidazole rings is 1. The summed E-state index contributed by atoms with van der Waals surface area (Å²) in [5.41, 5.74) is 1.70. The highest BCUT2D eigenvalue weighted by molar-refractivity contribution is 7.99. The van der Waals surface area contributed by atoms with Gasteiger partial charge in [0.15, 0.2) is 15.0 Å². The monoisotopic (exact) mass is 409 g/mol. The number of hydrogen-bond acceptors (Lipinski definition) is 6. The standard InChI is InChI=1S/C18H23N3O4S2/c1-2-25-14-5-6-15-16(9-14)20-18(19-15)26-10-17(22)21(12-3-4-12)13-7-8-27(23,24)11-13/h5-6,9,12-13H,2-4,7-8,10-11H2,1H3,(H,19,20)/t13-/m0/s1. The Morgan fingerprint density at radius 3 is 2.81 bits per heavy atom. The second kappa shape index (κ2) is 7.35. The molecular weight excluding hydrogens is 386 g/mol. The SMILES string of the molecule is CCOc1ccc2nc(SCC(=O)N(C3CC3)[C@H]3CCS(=O)(=O)C3)[nH]c2c1. The second-order valence-corrected chi connectivity index (χ2v) is 10.2. The van der Waals surface area contributed by atoms with Gasteiger partial charge in [-0.2, -0.15) is 0 Å². The van der Waals surface area contributed by atoms with Gasteiger partial charge in [-0.15, -0.1) is 0 Å². The predicted molar refractivity (Wildman–Crippen MR) is 105 cm³/mol. The van der Waals surface area contributed by atoms with Crippen LogP contribution in [-0.2, 0) is 14.6 Å². The molecule has 1 aliphatic heterocycles. The number of carbonyl (C=O) groups is 1. The van der Waals surface area contributed by atoms with Crippen LogP contribution in [0.5, 0.6) is 5.75 Å². The van der Waals surface area contributed by atoms with Gasteiger partial charge >= 0.3 is 0 Å². The van der Waals surface area contributed by atoms with E-state index in [0.717, 1.165) is 29.6 Å². The van der Waals surface area contributed by atoms with Crippen molar-refractivity contribution in [2.45, 2.75) is 43.4 Å². The molecule has 9 heteroatoms. The lowest BCUT2D eigenvalue weighted by Gasteiger charge is -2.28. The molecule has 1 amide bonds. The van der Waals surface area contributed by atoms with Gasteiger partial charge in [-0.3, -0.25) is 4.79 Å². The third kappa shape index (κ3) is 4.24. The van der Waals surface area contributed by atoms with Crippen LogP contribution in [0.2, 0.25) is 0 Å². The Balaban J connectivity index is 1.42. The number of H-pyrrole nitrogens is 1. The van der Waals surface area contributed by atoms with E-state index >= 15 is 0 Å². The topological polar surface area (TPSA) is 92.4 Å². The number of ether oxygens (including phenoxy) is 1. The molecule has 2 aromatic rings. The molecule has 7 nitrogen and oxygen atoms in total. The van der Waals surface area contributed by atoms with Gasteiger partial charge in [-0.1, -0.05) is 11.8 Å². The third-order valence-corrected chi connectivity index (χ3v) is 7.51. The summed E-state index contributed by atoms with van der Waals surface area (Å²) < 4.78 is 29.1. The first-order valence-corrected chi connectivity index (χ1v) is 12.0. The number of nitrogens with one attached hydrogen (secondary N) is 1. The van der Waals surface area contributed by atoms with Gasteiger partial charge in [0.25, 0.3) is 0 Å². The lowest BCUT2D eigenvalue weighted by atomic mass is 10.2. The minimum atomic E-state index is -3.00. The fourth-order valence-electron chi connectivity index (χ4n) is 3.55. The smallest absolute Gasteiger partial charge is 0.233 e. The first-order valence-electron chi connectivity index (χ1n) is 9.22. The number of carbonyl (C=O) groups excluding carboxylic acids is 1. The molecule has 1 atom stereocenters. The van der Waals surface area contributed by atoms with Crippen molar-refractivity contribution >= 4 is 38.5 Å². The average molecular weight is 410 g/mol. The van der Waals surface area contributed by atoms with Crippen molar-refractivity contribution < 1.29 is 17.9 Å². The van der Waals surface area contributed by atoms with Crippen LogP contribution in [0.25, 0.3) is 11.0 Å². The fourth-order valence-corrected chi connectivity index (χ4v) is 6.01. The number of thioether (sulfide) groups is 1. The molecule has 0 radical (unpaired) electrons. The number of hydrogen-bond donors (Lipinski definition) is 1. The van der Waals surface area contributed by atoms with Crippen LogP contribution in [0.3, 0.4) is 0 Å². The number of sulfone groups is 1. The maximum Gasteiger partial charge on any atom is 0.233 e. The molecule has 27 heavy (non-hydrogen) atoms. The minimum Gasteiger partial charge on any atom is -0.494 e. The molecule has 1 aliphatic carbocycles. The molecule has 2 heterocycles. The van der Waals surface area contributed by atoms with Gasteiger partial charge in [0.1, 0.15) is 5.75 Å². The molecule has 146 valence electrons. The molecule has 4 rings (SSSR count). The first-order chi connectivity index (χ1) is 12.9. The van der Waals surface area contributed by atoms with E-state index < -0.39 is 9.84 Å². The van der Waals surface area contributed by atoms with Crippen LogP contribution in [-0.4, -0.2) is 65.1 Å². The summed E-state index contributed by atoms with van der Waals surface area (Å²) in [4.78, 5) is 22.4.